The number of aromatic nitrogens is 2. The summed E-state index contributed by atoms with van der Waals surface area (Å²) in [7, 11) is 1.31. The largest absolute Gasteiger partial charge is 0.479 e. The zero-order chi connectivity index (χ0) is 22.5. The number of hydrogen-bond acceptors (Lipinski definition) is 6. The predicted octanol–water partition coefficient (Wildman–Crippen LogP) is 3.24. The van der Waals surface area contributed by atoms with Crippen molar-refractivity contribution < 1.29 is 32.6 Å². The number of ether oxygens (including phenoxy) is 1. The second-order valence-corrected chi connectivity index (χ2v) is 7.55. The number of nitrogens with zero attached hydrogens (tertiary/aromatic N) is 4. The molecule has 3 heterocycles. The lowest BCUT2D eigenvalue weighted by Gasteiger charge is -2.35. The number of thioether (sulfide) groups is 1. The van der Waals surface area contributed by atoms with E-state index in [9.17, 15) is 27.9 Å². The van der Waals surface area contributed by atoms with Crippen LogP contribution >= 0.6 is 11.8 Å². The van der Waals surface area contributed by atoms with Crippen molar-refractivity contribution in [2.45, 2.75) is 23.7 Å². The number of halogens is 3. The molecule has 9 nitrogen and oxygen atoms in total. The van der Waals surface area contributed by atoms with E-state index in [1.807, 2.05) is 0 Å². The molecule has 163 valence electrons. The fourth-order valence-electron chi connectivity index (χ4n) is 3.59. The number of alkyl halides is 3. The Labute approximate surface area is 178 Å². The van der Waals surface area contributed by atoms with Crippen LogP contribution in [0.3, 0.4) is 0 Å². The maximum atomic E-state index is 13.1. The third-order valence-electron chi connectivity index (χ3n) is 4.97. The third kappa shape index (κ3) is 3.58. The Kier molecular flexibility index (Phi) is 5.07. The molecule has 3 N–H and O–H groups in total. The van der Waals surface area contributed by atoms with Crippen molar-refractivity contribution in [3.05, 3.63) is 46.6 Å². The quantitative estimate of drug-likeness (QED) is 0.668. The molecule has 0 saturated carbocycles. The fraction of sp³-hybridized carbons (Fsp3) is 0.278. The maximum absolute atomic E-state index is 13.1. The summed E-state index contributed by atoms with van der Waals surface area (Å²) < 4.78 is 44.7. The van der Waals surface area contributed by atoms with Gasteiger partial charge in [-0.3, -0.25) is 9.80 Å². The topological polar surface area (TPSA) is 122 Å². The number of carboxylic acid groups (broad SMARTS) is 1. The number of carbonyl (C=O) groups is 2. The third-order valence-corrected chi connectivity index (χ3v) is 5.79. The molecule has 2 aliphatic heterocycles. The molecule has 0 saturated heterocycles. The molecule has 1 aromatic carbocycles. The normalized spacial score (nSPS) is 17.9. The summed E-state index contributed by atoms with van der Waals surface area (Å²) in [6.07, 6.45) is -5.68. The molecule has 0 spiro atoms. The van der Waals surface area contributed by atoms with Gasteiger partial charge in [0.1, 0.15) is 22.6 Å². The minimum absolute atomic E-state index is 0.00979. The highest BCUT2D eigenvalue weighted by atomic mass is 32.2. The Morgan fingerprint density at radius 3 is 2.68 bits per heavy atom. The van der Waals surface area contributed by atoms with Gasteiger partial charge < -0.3 is 15.6 Å². The summed E-state index contributed by atoms with van der Waals surface area (Å²) in [5, 5.41) is 10.0. The number of rotatable bonds is 2. The number of nitrogens with two attached hydrogens (primary N) is 1. The van der Waals surface area contributed by atoms with Gasteiger partial charge in [-0.15, -0.1) is 0 Å². The highest BCUT2D eigenvalue weighted by Gasteiger charge is 2.39. The number of urea groups is 1. The number of benzene rings is 1. The number of hydrogen-bond donors (Lipinski definition) is 2. The van der Waals surface area contributed by atoms with E-state index < -0.39 is 29.9 Å². The van der Waals surface area contributed by atoms with Gasteiger partial charge >= 0.3 is 18.3 Å². The van der Waals surface area contributed by atoms with Crippen molar-refractivity contribution in [1.82, 2.24) is 14.9 Å². The summed E-state index contributed by atoms with van der Waals surface area (Å²) in [6.45, 7) is -0.0379. The zero-order valence-corrected chi connectivity index (χ0v) is 16.7. The van der Waals surface area contributed by atoms with Crippen molar-refractivity contribution in [2.24, 2.45) is 5.73 Å². The van der Waals surface area contributed by atoms with Gasteiger partial charge in [-0.1, -0.05) is 17.8 Å². The molecule has 13 heteroatoms. The van der Waals surface area contributed by atoms with Crippen LogP contribution in [0.5, 0.6) is 5.88 Å². The number of primary amides is 1. The Hall–Kier alpha value is -3.22. The lowest BCUT2D eigenvalue weighted by atomic mass is 9.90. The van der Waals surface area contributed by atoms with E-state index in [4.69, 9.17) is 10.5 Å². The second kappa shape index (κ2) is 7.48. The smallest absolute Gasteiger partial charge is 0.416 e. The van der Waals surface area contributed by atoms with Gasteiger partial charge in [0, 0.05) is 6.54 Å². The van der Waals surface area contributed by atoms with E-state index in [2.05, 4.69) is 9.97 Å². The fourth-order valence-corrected chi connectivity index (χ4v) is 4.45. The van der Waals surface area contributed by atoms with Crippen molar-refractivity contribution >= 4 is 29.6 Å². The van der Waals surface area contributed by atoms with E-state index in [1.165, 1.54) is 19.1 Å². The Morgan fingerprint density at radius 1 is 1.32 bits per heavy atom. The van der Waals surface area contributed by atoms with E-state index in [0.717, 1.165) is 33.7 Å². The van der Waals surface area contributed by atoms with Gasteiger partial charge in [0.05, 0.1) is 12.7 Å². The molecule has 0 aliphatic carbocycles. The standard InChI is InChI=1S/C18H15F3N5O4S/c1-30-14-12-15(31-7-26(12)16(22)27)24-13(23-14)11-10-3-2-9(18(19,20)21)6-8(10)4-5-25(11)17(28)29/h2-3,6-7,11H,4-5H2,1H3,(H2,22,27)(H,28,29). The van der Waals surface area contributed by atoms with Crippen molar-refractivity contribution in [3.63, 3.8) is 0 Å². The maximum Gasteiger partial charge on any atom is 0.416 e. The summed E-state index contributed by atoms with van der Waals surface area (Å²) in [5.41, 5.74) is 5.45. The first-order valence-electron chi connectivity index (χ1n) is 8.86. The molecule has 2 aliphatic rings. The first-order valence-corrected chi connectivity index (χ1v) is 9.74. The predicted molar refractivity (Wildman–Crippen MR) is 103 cm³/mol. The summed E-state index contributed by atoms with van der Waals surface area (Å²) >= 11 is 1.06. The van der Waals surface area contributed by atoms with Crippen LogP contribution in [0.15, 0.2) is 23.2 Å². The molecular formula is C18H15F3N5O4S. The molecule has 31 heavy (non-hydrogen) atoms. The van der Waals surface area contributed by atoms with Gasteiger partial charge in [0.15, 0.2) is 5.82 Å². The van der Waals surface area contributed by atoms with E-state index in [1.54, 1.807) is 0 Å². The van der Waals surface area contributed by atoms with Crippen LogP contribution in [0.25, 0.3) is 0 Å². The number of anilines is 1. The number of fused-ring (bicyclic) bond motifs is 2. The molecule has 3 amide bonds. The van der Waals surface area contributed by atoms with Crippen LogP contribution in [0, 0.1) is 5.88 Å². The molecule has 1 aromatic heterocycles. The molecule has 2 aromatic rings. The zero-order valence-electron chi connectivity index (χ0n) is 15.9. The highest BCUT2D eigenvalue weighted by molar-refractivity contribution is 8.01. The van der Waals surface area contributed by atoms with Crippen LogP contribution in [0.4, 0.5) is 28.4 Å². The molecule has 1 atom stereocenters. The van der Waals surface area contributed by atoms with Crippen molar-refractivity contribution in [2.75, 3.05) is 18.6 Å². The molecule has 0 bridgehead atoms. The van der Waals surface area contributed by atoms with Crippen LogP contribution in [-0.4, -0.2) is 45.8 Å². The van der Waals surface area contributed by atoms with E-state index in [-0.39, 0.29) is 30.4 Å². The van der Waals surface area contributed by atoms with Gasteiger partial charge in [0.25, 0.3) is 0 Å². The average Bonchev–Trinajstić information content (AvgIpc) is 3.15. The Balaban J connectivity index is 1.86. The summed E-state index contributed by atoms with van der Waals surface area (Å²) in [4.78, 5) is 34.4. The highest BCUT2D eigenvalue weighted by Crippen LogP contribution is 2.46. The molecular weight excluding hydrogens is 439 g/mol. The Morgan fingerprint density at radius 2 is 2.06 bits per heavy atom. The minimum atomic E-state index is -4.52. The number of methoxy groups -OCH3 is 1. The van der Waals surface area contributed by atoms with E-state index in [0.29, 0.717) is 16.2 Å². The summed E-state index contributed by atoms with van der Waals surface area (Å²) in [6, 6.07) is 1.33. The van der Waals surface area contributed by atoms with Crippen molar-refractivity contribution in [3.8, 4) is 5.88 Å². The van der Waals surface area contributed by atoms with Crippen LogP contribution < -0.4 is 15.4 Å². The second-order valence-electron chi connectivity index (χ2n) is 6.72. The van der Waals surface area contributed by atoms with Gasteiger partial charge in [-0.05, 0) is 29.7 Å². The molecule has 4 rings (SSSR count). The van der Waals surface area contributed by atoms with Crippen LogP contribution in [-0.2, 0) is 12.6 Å². The molecule has 0 fully saturated rings. The van der Waals surface area contributed by atoms with Crippen molar-refractivity contribution in [1.29, 1.82) is 0 Å². The monoisotopic (exact) mass is 454 g/mol. The minimum Gasteiger partial charge on any atom is -0.479 e. The first kappa shape index (κ1) is 21.0. The van der Waals surface area contributed by atoms with Crippen LogP contribution in [0.2, 0.25) is 0 Å². The van der Waals surface area contributed by atoms with Gasteiger partial charge in [-0.2, -0.15) is 18.2 Å². The SMILES string of the molecule is COc1nc(C2c3ccc(C(F)(F)F)cc3CCN2C(=O)O)nc2c1N(C(N)=O)[CH]S2. The summed E-state index contributed by atoms with van der Waals surface area (Å²) in [5.74, 6) is 1.42. The van der Waals surface area contributed by atoms with Crippen LogP contribution in [0.1, 0.15) is 28.6 Å². The lowest BCUT2D eigenvalue weighted by molar-refractivity contribution is -0.137. The first-order chi connectivity index (χ1) is 14.6. The van der Waals surface area contributed by atoms with E-state index >= 15 is 0 Å². The number of carbonyl (C=O) groups excluding carboxylic acids is 1. The molecule has 1 radical (unpaired) electrons. The van der Waals surface area contributed by atoms with Gasteiger partial charge in [-0.25, -0.2) is 14.6 Å². The van der Waals surface area contributed by atoms with Gasteiger partial charge in [0.2, 0.25) is 5.88 Å². The Bertz CT molecular complexity index is 1080. The average molecular weight is 454 g/mol. The number of amides is 3. The lowest BCUT2D eigenvalue weighted by Crippen LogP contribution is -2.40. The molecule has 1 unspecified atom stereocenters.